The monoisotopic (exact) mass is 376 g/mol. The molecule has 0 saturated heterocycles. The minimum Gasteiger partial charge on any atom is -0.497 e. The molecule has 1 amide bonds. The number of carbonyl (C=O) groups excluding carboxylic acids is 2. The van der Waals surface area contributed by atoms with Crippen molar-refractivity contribution in [2.45, 2.75) is 18.7 Å². The molecule has 0 fully saturated rings. The van der Waals surface area contributed by atoms with Gasteiger partial charge in [-0.15, -0.1) is 11.3 Å². The molecule has 0 saturated carbocycles. The first-order chi connectivity index (χ1) is 12.0. The maximum atomic E-state index is 12.4. The number of nitrogens with one attached hydrogen (secondary N) is 1. The number of methoxy groups -OCH3 is 1. The summed E-state index contributed by atoms with van der Waals surface area (Å²) < 4.78 is 10.1. The lowest BCUT2D eigenvalue weighted by molar-refractivity contribution is 0.0531. The predicted octanol–water partition coefficient (Wildman–Crippen LogP) is 4.07. The van der Waals surface area contributed by atoms with Crippen LogP contribution in [-0.2, 0) is 4.74 Å². The highest BCUT2D eigenvalue weighted by molar-refractivity contribution is 8.04. The number of thioether (sulfide) groups is 1. The number of anilines is 1. The van der Waals surface area contributed by atoms with Gasteiger partial charge in [-0.2, -0.15) is 5.26 Å². The van der Waals surface area contributed by atoms with Crippen LogP contribution >= 0.6 is 23.1 Å². The fourth-order valence-corrected chi connectivity index (χ4v) is 3.85. The summed E-state index contributed by atoms with van der Waals surface area (Å²) in [5.41, 5.74) is 1.07. The van der Waals surface area contributed by atoms with Gasteiger partial charge in [0.2, 0.25) is 0 Å². The molecule has 1 N–H and O–H groups in total. The average molecular weight is 376 g/mol. The Morgan fingerprint density at radius 3 is 2.56 bits per heavy atom. The van der Waals surface area contributed by atoms with Crippen molar-refractivity contribution >= 4 is 40.0 Å². The zero-order valence-corrected chi connectivity index (χ0v) is 15.5. The predicted molar refractivity (Wildman–Crippen MR) is 97.4 cm³/mol. The molecule has 0 radical (unpaired) electrons. The SMILES string of the molecule is CCOC(=O)c1sc(NC(=O)c2ccc(OC)cc2)c(SC#N)c1C. The molecule has 1 aromatic heterocycles. The number of nitrogens with zero attached hydrogens (tertiary/aromatic N) is 1. The molecule has 0 aliphatic carbocycles. The summed E-state index contributed by atoms with van der Waals surface area (Å²) in [5.74, 6) is -0.150. The molecule has 2 rings (SSSR count). The van der Waals surface area contributed by atoms with Gasteiger partial charge >= 0.3 is 5.97 Å². The van der Waals surface area contributed by atoms with Gasteiger partial charge in [-0.05, 0) is 55.4 Å². The number of benzene rings is 1. The van der Waals surface area contributed by atoms with Crippen molar-refractivity contribution in [3.05, 3.63) is 40.3 Å². The van der Waals surface area contributed by atoms with Gasteiger partial charge in [0.15, 0.2) is 0 Å². The Kier molecular flexibility index (Phi) is 6.44. The number of thiophene rings is 1. The van der Waals surface area contributed by atoms with E-state index in [0.717, 1.165) is 23.1 Å². The maximum absolute atomic E-state index is 12.4. The van der Waals surface area contributed by atoms with Gasteiger partial charge in [0.1, 0.15) is 21.0 Å². The molecule has 0 aliphatic rings. The van der Waals surface area contributed by atoms with Gasteiger partial charge in [0.05, 0.1) is 18.6 Å². The van der Waals surface area contributed by atoms with E-state index < -0.39 is 5.97 Å². The quantitative estimate of drug-likeness (QED) is 0.464. The van der Waals surface area contributed by atoms with E-state index in [-0.39, 0.29) is 12.5 Å². The maximum Gasteiger partial charge on any atom is 0.348 e. The second-order valence-electron chi connectivity index (χ2n) is 4.81. The van der Waals surface area contributed by atoms with Crippen molar-refractivity contribution in [3.63, 3.8) is 0 Å². The van der Waals surface area contributed by atoms with Crippen molar-refractivity contribution in [3.8, 4) is 11.2 Å². The number of amides is 1. The molecule has 0 spiro atoms. The molecular weight excluding hydrogens is 360 g/mol. The van der Waals surface area contributed by atoms with Gasteiger partial charge in [-0.25, -0.2) is 4.79 Å². The minimum absolute atomic E-state index is 0.254. The van der Waals surface area contributed by atoms with Crippen LogP contribution in [0.3, 0.4) is 0 Å². The number of ether oxygens (including phenoxy) is 2. The lowest BCUT2D eigenvalue weighted by Crippen LogP contribution is -2.11. The summed E-state index contributed by atoms with van der Waals surface area (Å²) in [7, 11) is 1.55. The second-order valence-corrected chi connectivity index (χ2v) is 6.63. The molecule has 130 valence electrons. The van der Waals surface area contributed by atoms with E-state index >= 15 is 0 Å². The lowest BCUT2D eigenvalue weighted by Gasteiger charge is -2.05. The summed E-state index contributed by atoms with van der Waals surface area (Å²) in [6, 6.07) is 6.64. The van der Waals surface area contributed by atoms with Gasteiger partial charge in [-0.3, -0.25) is 4.79 Å². The highest BCUT2D eigenvalue weighted by Gasteiger charge is 2.23. The van der Waals surface area contributed by atoms with E-state index in [9.17, 15) is 9.59 Å². The Morgan fingerprint density at radius 1 is 1.32 bits per heavy atom. The molecule has 1 aromatic carbocycles. The summed E-state index contributed by atoms with van der Waals surface area (Å²) in [6.45, 7) is 3.70. The lowest BCUT2D eigenvalue weighted by atomic mass is 10.2. The van der Waals surface area contributed by atoms with Crippen LogP contribution in [-0.4, -0.2) is 25.6 Å². The number of carbonyl (C=O) groups is 2. The number of rotatable bonds is 6. The molecule has 0 aliphatic heterocycles. The first-order valence-electron chi connectivity index (χ1n) is 7.33. The Labute approximate surface area is 153 Å². The Hall–Kier alpha value is -2.50. The fourth-order valence-electron chi connectivity index (χ4n) is 2.06. The van der Waals surface area contributed by atoms with E-state index in [0.29, 0.717) is 31.7 Å². The van der Waals surface area contributed by atoms with Gasteiger partial charge in [0, 0.05) is 5.56 Å². The second kappa shape index (κ2) is 8.55. The Morgan fingerprint density at radius 2 is 2.00 bits per heavy atom. The number of hydrogen-bond acceptors (Lipinski definition) is 7. The third-order valence-corrected chi connectivity index (χ3v) is 5.40. The van der Waals surface area contributed by atoms with E-state index in [4.69, 9.17) is 14.7 Å². The summed E-state index contributed by atoms with van der Waals surface area (Å²) in [6.07, 6.45) is 0. The van der Waals surface area contributed by atoms with Crippen LogP contribution in [0.2, 0.25) is 0 Å². The third kappa shape index (κ3) is 4.32. The summed E-state index contributed by atoms with van der Waals surface area (Å²) in [4.78, 5) is 25.4. The van der Waals surface area contributed by atoms with Gasteiger partial charge < -0.3 is 14.8 Å². The van der Waals surface area contributed by atoms with Crippen molar-refractivity contribution in [1.82, 2.24) is 0 Å². The molecule has 1 heterocycles. The van der Waals surface area contributed by atoms with Crippen LogP contribution in [0.4, 0.5) is 5.00 Å². The molecule has 0 unspecified atom stereocenters. The topological polar surface area (TPSA) is 88.4 Å². The van der Waals surface area contributed by atoms with Crippen LogP contribution in [0.15, 0.2) is 29.2 Å². The van der Waals surface area contributed by atoms with E-state index in [1.54, 1.807) is 45.2 Å². The first-order valence-corrected chi connectivity index (χ1v) is 8.96. The summed E-state index contributed by atoms with van der Waals surface area (Å²) in [5, 5.41) is 14.2. The number of thiocyanates is 1. The Balaban J connectivity index is 2.30. The third-order valence-electron chi connectivity index (χ3n) is 3.28. The molecule has 25 heavy (non-hydrogen) atoms. The normalized spacial score (nSPS) is 10.0. The first kappa shape index (κ1) is 18.8. The van der Waals surface area contributed by atoms with E-state index in [2.05, 4.69) is 5.32 Å². The van der Waals surface area contributed by atoms with Crippen LogP contribution in [0, 0.1) is 17.6 Å². The van der Waals surface area contributed by atoms with Crippen molar-refractivity contribution in [1.29, 1.82) is 5.26 Å². The van der Waals surface area contributed by atoms with E-state index in [1.807, 2.05) is 5.40 Å². The average Bonchev–Trinajstić information content (AvgIpc) is 2.92. The molecular formula is C17H16N2O4S2. The van der Waals surface area contributed by atoms with Gasteiger partial charge in [0.25, 0.3) is 5.91 Å². The smallest absolute Gasteiger partial charge is 0.348 e. The van der Waals surface area contributed by atoms with Crippen LogP contribution in [0.25, 0.3) is 0 Å². The summed E-state index contributed by atoms with van der Waals surface area (Å²) >= 11 is 2.00. The van der Waals surface area contributed by atoms with Gasteiger partial charge in [-0.1, -0.05) is 0 Å². The molecule has 6 nitrogen and oxygen atoms in total. The number of nitriles is 1. The van der Waals surface area contributed by atoms with E-state index in [1.165, 1.54) is 0 Å². The zero-order chi connectivity index (χ0) is 18.4. The largest absolute Gasteiger partial charge is 0.497 e. The highest BCUT2D eigenvalue weighted by atomic mass is 32.2. The van der Waals surface area contributed by atoms with Crippen molar-refractivity contribution in [2.24, 2.45) is 0 Å². The standard InChI is InChI=1S/C17H16N2O4S2/c1-4-23-17(21)14-10(2)13(24-9-18)16(25-14)19-15(20)11-5-7-12(22-3)8-6-11/h5-8H,4H2,1-3H3,(H,19,20). The van der Waals surface area contributed by atoms with Crippen LogP contribution in [0.5, 0.6) is 5.75 Å². The minimum atomic E-state index is -0.463. The molecule has 0 bridgehead atoms. The number of esters is 1. The highest BCUT2D eigenvalue weighted by Crippen LogP contribution is 2.40. The number of hydrogen-bond donors (Lipinski definition) is 1. The zero-order valence-electron chi connectivity index (χ0n) is 13.9. The van der Waals surface area contributed by atoms with Crippen LogP contribution < -0.4 is 10.1 Å². The van der Waals surface area contributed by atoms with Crippen LogP contribution in [0.1, 0.15) is 32.5 Å². The fraction of sp³-hybridized carbons (Fsp3) is 0.235. The van der Waals surface area contributed by atoms with Crippen molar-refractivity contribution in [2.75, 3.05) is 19.0 Å². The van der Waals surface area contributed by atoms with Crippen molar-refractivity contribution < 1.29 is 19.1 Å². The molecule has 0 atom stereocenters. The Bertz CT molecular complexity index is 822. The molecule has 8 heteroatoms. The molecule has 2 aromatic rings.